The van der Waals surface area contributed by atoms with Crippen LogP contribution in [0.3, 0.4) is 0 Å². The zero-order valence-electron chi connectivity index (χ0n) is 11.8. The fourth-order valence-corrected chi connectivity index (χ4v) is 2.22. The Balaban J connectivity index is 2.19. The molecule has 0 fully saturated rings. The summed E-state index contributed by atoms with van der Waals surface area (Å²) in [6.45, 7) is 3.95. The second kappa shape index (κ2) is 7.27. The molecule has 0 aliphatic heterocycles. The van der Waals surface area contributed by atoms with Crippen molar-refractivity contribution in [2.75, 3.05) is 13.7 Å². The van der Waals surface area contributed by atoms with Gasteiger partial charge >= 0.3 is 0 Å². The lowest BCUT2D eigenvalue weighted by Gasteiger charge is -2.09. The highest BCUT2D eigenvalue weighted by Gasteiger charge is 2.05. The van der Waals surface area contributed by atoms with Crippen LogP contribution in [0.4, 0.5) is 0 Å². The summed E-state index contributed by atoms with van der Waals surface area (Å²) in [6, 6.07) is 9.97. The highest BCUT2D eigenvalue weighted by molar-refractivity contribution is 6.31. The molecule has 0 amide bonds. The zero-order chi connectivity index (χ0) is 14.4. The number of benzene rings is 1. The van der Waals surface area contributed by atoms with Crippen molar-refractivity contribution in [2.45, 2.75) is 19.9 Å². The molecular weight excluding hydrogens is 272 g/mol. The van der Waals surface area contributed by atoms with E-state index in [1.54, 1.807) is 13.3 Å². The molecule has 4 heteroatoms. The molecule has 0 aliphatic carbocycles. The average Bonchev–Trinajstić information content (AvgIpc) is 2.49. The quantitative estimate of drug-likeness (QED) is 0.819. The molecule has 106 valence electrons. The number of methoxy groups -OCH3 is 1. The summed E-state index contributed by atoms with van der Waals surface area (Å²) in [5, 5.41) is 4.13. The second-order valence-corrected chi connectivity index (χ2v) is 4.98. The average molecular weight is 291 g/mol. The summed E-state index contributed by atoms with van der Waals surface area (Å²) in [5.41, 5.74) is 3.23. The first-order valence-corrected chi connectivity index (χ1v) is 7.12. The summed E-state index contributed by atoms with van der Waals surface area (Å²) in [6.07, 6.45) is 2.85. The maximum absolute atomic E-state index is 6.35. The molecule has 0 atom stereocenters. The van der Waals surface area contributed by atoms with E-state index in [9.17, 15) is 0 Å². The summed E-state index contributed by atoms with van der Waals surface area (Å²) in [4.78, 5) is 4.11. The molecule has 0 unspecified atom stereocenters. The topological polar surface area (TPSA) is 34.2 Å². The van der Waals surface area contributed by atoms with Crippen LogP contribution in [-0.4, -0.2) is 18.6 Å². The molecule has 0 aliphatic rings. The fraction of sp³-hybridized carbons (Fsp3) is 0.312. The lowest BCUT2D eigenvalue weighted by atomic mass is 10.0. The lowest BCUT2D eigenvalue weighted by molar-refractivity contribution is 0.398. The third-order valence-corrected chi connectivity index (χ3v) is 3.42. The van der Waals surface area contributed by atoms with E-state index in [-0.39, 0.29) is 0 Å². The Kier molecular flexibility index (Phi) is 5.39. The molecule has 3 nitrogen and oxygen atoms in total. The SMILES string of the molecule is CCCNCc1ccc(-c2ccnc(OC)c2)cc1Cl. The van der Waals surface area contributed by atoms with Crippen LogP contribution in [0.25, 0.3) is 11.1 Å². The number of halogens is 1. The molecule has 1 N–H and O–H groups in total. The monoisotopic (exact) mass is 290 g/mol. The number of aromatic nitrogens is 1. The van der Waals surface area contributed by atoms with Gasteiger partial charge in [0.1, 0.15) is 0 Å². The van der Waals surface area contributed by atoms with Crippen LogP contribution in [0, 0.1) is 0 Å². The van der Waals surface area contributed by atoms with Crippen molar-refractivity contribution in [1.82, 2.24) is 10.3 Å². The van der Waals surface area contributed by atoms with Crippen molar-refractivity contribution in [3.8, 4) is 17.0 Å². The van der Waals surface area contributed by atoms with Crippen molar-refractivity contribution >= 4 is 11.6 Å². The van der Waals surface area contributed by atoms with Gasteiger partial charge in [-0.05, 0) is 41.8 Å². The molecule has 0 spiro atoms. The van der Waals surface area contributed by atoms with Crippen molar-refractivity contribution in [2.24, 2.45) is 0 Å². The van der Waals surface area contributed by atoms with E-state index >= 15 is 0 Å². The molecule has 1 aromatic carbocycles. The van der Waals surface area contributed by atoms with Crippen LogP contribution >= 0.6 is 11.6 Å². The van der Waals surface area contributed by atoms with Crippen molar-refractivity contribution in [3.05, 3.63) is 47.1 Å². The predicted octanol–water partition coefficient (Wildman–Crippen LogP) is 3.91. The van der Waals surface area contributed by atoms with Gasteiger partial charge in [-0.15, -0.1) is 0 Å². The van der Waals surface area contributed by atoms with Gasteiger partial charge in [-0.1, -0.05) is 30.7 Å². The highest BCUT2D eigenvalue weighted by Crippen LogP contribution is 2.27. The van der Waals surface area contributed by atoms with E-state index in [2.05, 4.69) is 29.4 Å². The number of pyridine rings is 1. The van der Waals surface area contributed by atoms with E-state index in [1.807, 2.05) is 18.2 Å². The van der Waals surface area contributed by atoms with E-state index in [4.69, 9.17) is 16.3 Å². The summed E-state index contributed by atoms with van der Waals surface area (Å²) in [7, 11) is 1.61. The van der Waals surface area contributed by atoms with E-state index < -0.39 is 0 Å². The minimum atomic E-state index is 0.604. The third-order valence-electron chi connectivity index (χ3n) is 3.07. The predicted molar refractivity (Wildman–Crippen MR) is 83.2 cm³/mol. The Morgan fingerprint density at radius 1 is 1.20 bits per heavy atom. The summed E-state index contributed by atoms with van der Waals surface area (Å²) in [5.74, 6) is 0.604. The molecule has 2 aromatic rings. The number of ether oxygens (including phenoxy) is 1. The standard InChI is InChI=1S/C16H19ClN2O/c1-3-7-18-11-14-5-4-12(9-15(14)17)13-6-8-19-16(10-13)20-2/h4-6,8-10,18H,3,7,11H2,1-2H3. The first-order chi connectivity index (χ1) is 9.74. The van der Waals surface area contributed by atoms with Crippen LogP contribution in [0.15, 0.2) is 36.5 Å². The maximum atomic E-state index is 6.35. The summed E-state index contributed by atoms with van der Waals surface area (Å²) < 4.78 is 5.14. The van der Waals surface area contributed by atoms with Gasteiger partial charge in [-0.3, -0.25) is 0 Å². The van der Waals surface area contributed by atoms with Crippen LogP contribution < -0.4 is 10.1 Å². The van der Waals surface area contributed by atoms with E-state index in [0.717, 1.165) is 41.2 Å². The van der Waals surface area contributed by atoms with Gasteiger partial charge in [0.05, 0.1) is 7.11 Å². The first-order valence-electron chi connectivity index (χ1n) is 6.74. The molecule has 2 rings (SSSR count). The Hall–Kier alpha value is -1.58. The number of nitrogens with one attached hydrogen (secondary N) is 1. The Morgan fingerprint density at radius 3 is 2.70 bits per heavy atom. The van der Waals surface area contributed by atoms with Gasteiger partial charge < -0.3 is 10.1 Å². The molecule has 0 saturated carbocycles. The van der Waals surface area contributed by atoms with Crippen molar-refractivity contribution < 1.29 is 4.74 Å². The van der Waals surface area contributed by atoms with E-state index in [0.29, 0.717) is 5.88 Å². The van der Waals surface area contributed by atoms with Crippen LogP contribution in [0.2, 0.25) is 5.02 Å². The molecule has 0 saturated heterocycles. The molecule has 1 heterocycles. The van der Waals surface area contributed by atoms with Gasteiger partial charge in [0.15, 0.2) is 0 Å². The minimum Gasteiger partial charge on any atom is -0.481 e. The highest BCUT2D eigenvalue weighted by atomic mass is 35.5. The molecule has 20 heavy (non-hydrogen) atoms. The van der Waals surface area contributed by atoms with Gasteiger partial charge in [-0.25, -0.2) is 4.98 Å². The van der Waals surface area contributed by atoms with Crippen LogP contribution in [0.5, 0.6) is 5.88 Å². The number of hydrogen-bond donors (Lipinski definition) is 1. The second-order valence-electron chi connectivity index (χ2n) is 4.57. The summed E-state index contributed by atoms with van der Waals surface area (Å²) >= 11 is 6.35. The van der Waals surface area contributed by atoms with E-state index in [1.165, 1.54) is 0 Å². The van der Waals surface area contributed by atoms with Gasteiger partial charge in [0.25, 0.3) is 0 Å². The number of nitrogens with zero attached hydrogens (tertiary/aromatic N) is 1. The van der Waals surface area contributed by atoms with Gasteiger partial charge in [0, 0.05) is 23.8 Å². The Morgan fingerprint density at radius 2 is 2.00 bits per heavy atom. The lowest BCUT2D eigenvalue weighted by Crippen LogP contribution is -2.13. The molecular formula is C16H19ClN2O. The van der Waals surface area contributed by atoms with Crippen molar-refractivity contribution in [3.63, 3.8) is 0 Å². The van der Waals surface area contributed by atoms with Crippen LogP contribution in [0.1, 0.15) is 18.9 Å². The smallest absolute Gasteiger partial charge is 0.213 e. The Labute approximate surface area is 124 Å². The maximum Gasteiger partial charge on any atom is 0.213 e. The van der Waals surface area contributed by atoms with Crippen LogP contribution in [-0.2, 0) is 6.54 Å². The molecule has 1 aromatic heterocycles. The number of rotatable bonds is 6. The Bertz CT molecular complexity index is 572. The van der Waals surface area contributed by atoms with Gasteiger partial charge in [-0.2, -0.15) is 0 Å². The minimum absolute atomic E-state index is 0.604. The fourth-order valence-electron chi connectivity index (χ4n) is 1.97. The third kappa shape index (κ3) is 3.71. The molecule has 0 radical (unpaired) electrons. The molecule has 0 bridgehead atoms. The number of hydrogen-bond acceptors (Lipinski definition) is 3. The largest absolute Gasteiger partial charge is 0.481 e. The van der Waals surface area contributed by atoms with Crippen molar-refractivity contribution in [1.29, 1.82) is 0 Å². The first kappa shape index (κ1) is 14.8. The van der Waals surface area contributed by atoms with Gasteiger partial charge in [0.2, 0.25) is 5.88 Å². The zero-order valence-corrected chi connectivity index (χ0v) is 12.6. The normalized spacial score (nSPS) is 10.6.